The summed E-state index contributed by atoms with van der Waals surface area (Å²) < 4.78 is 32.2. The minimum Gasteiger partial charge on any atom is -0.497 e. The molecule has 28 heavy (non-hydrogen) atoms. The molecule has 1 aliphatic heterocycles. The smallest absolute Gasteiger partial charge is 0.315 e. The maximum Gasteiger partial charge on any atom is 0.315 e. The van der Waals surface area contributed by atoms with Gasteiger partial charge in [0, 0.05) is 25.2 Å². The Hall–Kier alpha value is -1.80. The number of piperidine rings is 1. The molecule has 1 aliphatic carbocycles. The molecule has 8 heteroatoms. The summed E-state index contributed by atoms with van der Waals surface area (Å²) in [6, 6.07) is 6.57. The SMILES string of the molecule is COc1ccc(S(=O)(=O)N2CCC(NC(=O)NC3CCC(C)CC3)CC2)cc1. The highest BCUT2D eigenvalue weighted by Gasteiger charge is 2.30. The Morgan fingerprint density at radius 3 is 2.04 bits per heavy atom. The Kier molecular flexibility index (Phi) is 6.82. The van der Waals surface area contributed by atoms with Crippen molar-refractivity contribution in [1.29, 1.82) is 0 Å². The normalized spacial score (nSPS) is 24.5. The highest BCUT2D eigenvalue weighted by atomic mass is 32.2. The number of nitrogens with zero attached hydrogens (tertiary/aromatic N) is 1. The molecule has 0 aromatic heterocycles. The first-order valence-corrected chi connectivity index (χ1v) is 11.5. The van der Waals surface area contributed by atoms with Crippen LogP contribution in [0.4, 0.5) is 4.79 Å². The fraction of sp³-hybridized carbons (Fsp3) is 0.650. The first-order chi connectivity index (χ1) is 13.4. The van der Waals surface area contributed by atoms with E-state index in [2.05, 4.69) is 17.6 Å². The highest BCUT2D eigenvalue weighted by molar-refractivity contribution is 7.89. The maximum absolute atomic E-state index is 12.8. The zero-order valence-corrected chi connectivity index (χ0v) is 17.5. The first-order valence-electron chi connectivity index (χ1n) is 10.1. The summed E-state index contributed by atoms with van der Waals surface area (Å²) in [5, 5.41) is 6.09. The average molecular weight is 410 g/mol. The molecule has 156 valence electrons. The van der Waals surface area contributed by atoms with E-state index in [1.807, 2.05) is 0 Å². The van der Waals surface area contributed by atoms with Crippen molar-refractivity contribution in [3.63, 3.8) is 0 Å². The van der Waals surface area contributed by atoms with Gasteiger partial charge in [0.2, 0.25) is 10.0 Å². The lowest BCUT2D eigenvalue weighted by atomic mass is 9.87. The third kappa shape index (κ3) is 5.17. The van der Waals surface area contributed by atoms with Gasteiger partial charge in [-0.3, -0.25) is 0 Å². The van der Waals surface area contributed by atoms with E-state index in [0.717, 1.165) is 31.6 Å². The molecule has 0 unspecified atom stereocenters. The molecule has 0 radical (unpaired) electrons. The Bertz CT molecular complexity index is 750. The number of hydrogen-bond donors (Lipinski definition) is 2. The monoisotopic (exact) mass is 409 g/mol. The number of carbonyl (C=O) groups is 1. The fourth-order valence-electron chi connectivity index (χ4n) is 3.95. The summed E-state index contributed by atoms with van der Waals surface area (Å²) in [6.45, 7) is 3.06. The molecule has 1 saturated heterocycles. The number of ether oxygens (including phenoxy) is 1. The third-order valence-electron chi connectivity index (χ3n) is 5.84. The molecule has 2 fully saturated rings. The average Bonchev–Trinajstić information content (AvgIpc) is 2.70. The molecule has 1 saturated carbocycles. The van der Waals surface area contributed by atoms with E-state index in [1.54, 1.807) is 31.4 Å². The van der Waals surface area contributed by atoms with E-state index < -0.39 is 10.0 Å². The second-order valence-corrected chi connectivity index (χ2v) is 9.87. The van der Waals surface area contributed by atoms with Gasteiger partial charge in [0.1, 0.15) is 5.75 Å². The minimum absolute atomic E-state index is 0.00447. The standard InChI is InChI=1S/C20H31N3O4S/c1-15-3-5-16(6-4-15)21-20(24)22-17-11-13-23(14-12-17)28(25,26)19-9-7-18(27-2)8-10-19/h7-10,15-17H,3-6,11-14H2,1-2H3,(H2,21,22,24). The topological polar surface area (TPSA) is 87.7 Å². The van der Waals surface area contributed by atoms with E-state index in [-0.39, 0.29) is 23.0 Å². The predicted molar refractivity (Wildman–Crippen MR) is 108 cm³/mol. The minimum atomic E-state index is -3.52. The van der Waals surface area contributed by atoms with Crippen LogP contribution in [0.3, 0.4) is 0 Å². The lowest BCUT2D eigenvalue weighted by Gasteiger charge is -2.32. The highest BCUT2D eigenvalue weighted by Crippen LogP contribution is 2.24. The van der Waals surface area contributed by atoms with Crippen LogP contribution in [0.15, 0.2) is 29.2 Å². The Balaban J connectivity index is 1.47. The number of benzene rings is 1. The molecule has 1 aromatic carbocycles. The molecule has 0 spiro atoms. The van der Waals surface area contributed by atoms with Gasteiger partial charge in [0.05, 0.1) is 12.0 Å². The number of amides is 2. The zero-order chi connectivity index (χ0) is 20.1. The van der Waals surface area contributed by atoms with Crippen molar-refractivity contribution in [2.24, 2.45) is 5.92 Å². The molecular weight excluding hydrogens is 378 g/mol. The van der Waals surface area contributed by atoms with E-state index in [9.17, 15) is 13.2 Å². The van der Waals surface area contributed by atoms with Crippen LogP contribution in [-0.2, 0) is 10.0 Å². The lowest BCUT2D eigenvalue weighted by Crippen LogP contribution is -2.51. The maximum atomic E-state index is 12.8. The summed E-state index contributed by atoms with van der Waals surface area (Å²) in [4.78, 5) is 12.5. The summed E-state index contributed by atoms with van der Waals surface area (Å²) >= 11 is 0. The molecule has 1 aromatic rings. The number of nitrogens with one attached hydrogen (secondary N) is 2. The fourth-order valence-corrected chi connectivity index (χ4v) is 5.42. The van der Waals surface area contributed by atoms with Gasteiger partial charge < -0.3 is 15.4 Å². The number of hydrogen-bond acceptors (Lipinski definition) is 4. The molecule has 7 nitrogen and oxygen atoms in total. The number of urea groups is 1. The summed E-state index contributed by atoms with van der Waals surface area (Å²) in [5.41, 5.74) is 0. The van der Waals surface area contributed by atoms with Crippen LogP contribution in [0.2, 0.25) is 0 Å². The van der Waals surface area contributed by atoms with Gasteiger partial charge in [0.25, 0.3) is 0 Å². The molecule has 2 N–H and O–H groups in total. The summed E-state index contributed by atoms with van der Waals surface area (Å²) in [5.74, 6) is 1.37. The lowest BCUT2D eigenvalue weighted by molar-refractivity contribution is 0.217. The van der Waals surface area contributed by atoms with Crippen molar-refractivity contribution in [1.82, 2.24) is 14.9 Å². The Labute approximate surface area is 167 Å². The van der Waals surface area contributed by atoms with Crippen molar-refractivity contribution in [2.75, 3.05) is 20.2 Å². The number of sulfonamides is 1. The van der Waals surface area contributed by atoms with Crippen molar-refractivity contribution in [2.45, 2.75) is 62.4 Å². The molecule has 0 bridgehead atoms. The molecule has 2 amide bonds. The van der Waals surface area contributed by atoms with Gasteiger partial charge in [-0.15, -0.1) is 0 Å². The van der Waals surface area contributed by atoms with Crippen LogP contribution in [0, 0.1) is 5.92 Å². The second kappa shape index (κ2) is 9.13. The second-order valence-electron chi connectivity index (χ2n) is 7.93. The van der Waals surface area contributed by atoms with Crippen molar-refractivity contribution >= 4 is 16.1 Å². The van der Waals surface area contributed by atoms with E-state index in [0.29, 0.717) is 31.7 Å². The van der Waals surface area contributed by atoms with Crippen molar-refractivity contribution in [3.8, 4) is 5.75 Å². The zero-order valence-electron chi connectivity index (χ0n) is 16.7. The van der Waals surface area contributed by atoms with Gasteiger partial charge in [-0.1, -0.05) is 6.92 Å². The third-order valence-corrected chi connectivity index (χ3v) is 7.75. The molecule has 3 rings (SSSR count). The van der Waals surface area contributed by atoms with Gasteiger partial charge in [0.15, 0.2) is 0 Å². The summed E-state index contributed by atoms with van der Waals surface area (Å²) in [6.07, 6.45) is 5.62. The first kappa shape index (κ1) is 20.9. The summed E-state index contributed by atoms with van der Waals surface area (Å²) in [7, 11) is -1.97. The Morgan fingerprint density at radius 1 is 0.964 bits per heavy atom. The Morgan fingerprint density at radius 2 is 1.50 bits per heavy atom. The predicted octanol–water partition coefficient (Wildman–Crippen LogP) is 2.73. The van der Waals surface area contributed by atoms with Gasteiger partial charge >= 0.3 is 6.03 Å². The number of carbonyl (C=O) groups excluding carboxylic acids is 1. The molecule has 0 atom stereocenters. The number of methoxy groups -OCH3 is 1. The van der Waals surface area contributed by atoms with Crippen LogP contribution in [-0.4, -0.2) is 51.0 Å². The van der Waals surface area contributed by atoms with Crippen LogP contribution >= 0.6 is 0 Å². The molecule has 1 heterocycles. The van der Waals surface area contributed by atoms with Crippen LogP contribution in [0.5, 0.6) is 5.75 Å². The molecular formula is C20H31N3O4S. The van der Waals surface area contributed by atoms with E-state index >= 15 is 0 Å². The number of rotatable bonds is 5. The quantitative estimate of drug-likeness (QED) is 0.783. The largest absolute Gasteiger partial charge is 0.497 e. The van der Waals surface area contributed by atoms with Gasteiger partial charge in [-0.25, -0.2) is 13.2 Å². The van der Waals surface area contributed by atoms with E-state index in [4.69, 9.17) is 4.74 Å². The van der Waals surface area contributed by atoms with Gasteiger partial charge in [-0.05, 0) is 68.7 Å². The van der Waals surface area contributed by atoms with Crippen LogP contribution in [0.1, 0.15) is 45.4 Å². The van der Waals surface area contributed by atoms with E-state index in [1.165, 1.54) is 4.31 Å². The van der Waals surface area contributed by atoms with Crippen molar-refractivity contribution < 1.29 is 17.9 Å². The molecule has 2 aliphatic rings. The van der Waals surface area contributed by atoms with Crippen LogP contribution < -0.4 is 15.4 Å². The van der Waals surface area contributed by atoms with Crippen LogP contribution in [0.25, 0.3) is 0 Å². The van der Waals surface area contributed by atoms with Crippen molar-refractivity contribution in [3.05, 3.63) is 24.3 Å². The van der Waals surface area contributed by atoms with Gasteiger partial charge in [-0.2, -0.15) is 4.31 Å².